The summed E-state index contributed by atoms with van der Waals surface area (Å²) < 4.78 is 36.8. The maximum Gasteiger partial charge on any atom is 0.416 e. The van der Waals surface area contributed by atoms with Crippen molar-refractivity contribution in [1.29, 1.82) is 5.26 Å². The number of nitrogen functional groups attached to an aromatic ring is 1. The van der Waals surface area contributed by atoms with Crippen LogP contribution in [0.2, 0.25) is 0 Å². The van der Waals surface area contributed by atoms with Gasteiger partial charge in [0.1, 0.15) is 6.07 Å². The third-order valence-electron chi connectivity index (χ3n) is 1.58. The minimum atomic E-state index is -4.47. The summed E-state index contributed by atoms with van der Waals surface area (Å²) in [5, 5.41) is 8.51. The van der Waals surface area contributed by atoms with Crippen LogP contribution < -0.4 is 5.73 Å². The van der Waals surface area contributed by atoms with Crippen LogP contribution in [-0.2, 0) is 6.18 Å². The molecular formula is C8H4BrF3N2. The molecule has 0 aromatic heterocycles. The molecule has 0 heterocycles. The Hall–Kier alpha value is -1.22. The molecule has 0 unspecified atom stereocenters. The van der Waals surface area contributed by atoms with Crippen molar-refractivity contribution in [3.05, 3.63) is 27.7 Å². The lowest BCUT2D eigenvalue weighted by molar-refractivity contribution is -0.137. The second-order valence-corrected chi connectivity index (χ2v) is 3.38. The Morgan fingerprint density at radius 3 is 2.36 bits per heavy atom. The number of nitriles is 1. The summed E-state index contributed by atoms with van der Waals surface area (Å²) >= 11 is 2.85. The molecule has 0 aliphatic heterocycles. The molecule has 0 fully saturated rings. The monoisotopic (exact) mass is 264 g/mol. The zero-order valence-corrected chi connectivity index (χ0v) is 8.28. The van der Waals surface area contributed by atoms with Gasteiger partial charge in [-0.25, -0.2) is 0 Å². The Balaban J connectivity index is 3.40. The van der Waals surface area contributed by atoms with E-state index in [0.29, 0.717) is 0 Å². The van der Waals surface area contributed by atoms with Gasteiger partial charge in [-0.15, -0.1) is 0 Å². The van der Waals surface area contributed by atoms with E-state index in [1.54, 1.807) is 6.07 Å². The van der Waals surface area contributed by atoms with E-state index >= 15 is 0 Å². The number of nitrogens with two attached hydrogens (primary N) is 1. The summed E-state index contributed by atoms with van der Waals surface area (Å²) in [6.45, 7) is 0. The molecule has 1 aromatic carbocycles. The third-order valence-corrected chi connectivity index (χ3v) is 2.23. The average Bonchev–Trinajstić information content (AvgIpc) is 2.07. The predicted octanol–water partition coefficient (Wildman–Crippen LogP) is 2.92. The van der Waals surface area contributed by atoms with Gasteiger partial charge >= 0.3 is 6.18 Å². The van der Waals surface area contributed by atoms with Crippen molar-refractivity contribution >= 4 is 21.6 Å². The molecular weight excluding hydrogens is 261 g/mol. The molecule has 0 aliphatic carbocycles. The number of rotatable bonds is 0. The van der Waals surface area contributed by atoms with E-state index < -0.39 is 11.7 Å². The van der Waals surface area contributed by atoms with Crippen molar-refractivity contribution in [3.63, 3.8) is 0 Å². The van der Waals surface area contributed by atoms with Crippen molar-refractivity contribution < 1.29 is 13.2 Å². The zero-order valence-electron chi connectivity index (χ0n) is 6.69. The van der Waals surface area contributed by atoms with E-state index in [4.69, 9.17) is 11.0 Å². The smallest absolute Gasteiger partial charge is 0.397 e. The van der Waals surface area contributed by atoms with Crippen LogP contribution in [0.15, 0.2) is 16.6 Å². The number of hydrogen-bond acceptors (Lipinski definition) is 2. The van der Waals surface area contributed by atoms with Crippen LogP contribution in [0.3, 0.4) is 0 Å². The first-order valence-corrected chi connectivity index (χ1v) is 4.22. The van der Waals surface area contributed by atoms with Crippen molar-refractivity contribution in [2.75, 3.05) is 5.73 Å². The fourth-order valence-corrected chi connectivity index (χ4v) is 1.33. The minimum Gasteiger partial charge on any atom is -0.397 e. The molecule has 0 spiro atoms. The highest BCUT2D eigenvalue weighted by Gasteiger charge is 2.31. The zero-order chi connectivity index (χ0) is 10.9. The highest BCUT2D eigenvalue weighted by Crippen LogP contribution is 2.34. The predicted molar refractivity (Wildman–Crippen MR) is 48.3 cm³/mol. The third kappa shape index (κ3) is 1.99. The molecule has 0 radical (unpaired) electrons. The molecule has 0 aliphatic rings. The summed E-state index contributed by atoms with van der Waals surface area (Å²) in [5.74, 6) is 0. The molecule has 0 atom stereocenters. The van der Waals surface area contributed by atoms with Crippen molar-refractivity contribution in [2.24, 2.45) is 0 Å². The van der Waals surface area contributed by atoms with Gasteiger partial charge in [0, 0.05) is 4.47 Å². The Labute approximate surface area is 86.3 Å². The van der Waals surface area contributed by atoms with Gasteiger partial charge in [0.25, 0.3) is 0 Å². The van der Waals surface area contributed by atoms with Gasteiger partial charge in [0.2, 0.25) is 0 Å². The summed E-state index contributed by atoms with van der Waals surface area (Å²) in [4.78, 5) is 0. The van der Waals surface area contributed by atoms with Gasteiger partial charge in [0.05, 0.1) is 16.8 Å². The quantitative estimate of drug-likeness (QED) is 0.733. The molecule has 0 saturated heterocycles. The summed E-state index contributed by atoms with van der Waals surface area (Å²) in [5.41, 5.74) is 4.30. The maximum atomic E-state index is 12.2. The van der Waals surface area contributed by atoms with Gasteiger partial charge in [-0.05, 0) is 28.1 Å². The van der Waals surface area contributed by atoms with Crippen LogP contribution >= 0.6 is 15.9 Å². The molecule has 74 valence electrons. The molecule has 6 heteroatoms. The van der Waals surface area contributed by atoms with Gasteiger partial charge in [-0.1, -0.05) is 0 Å². The Kier molecular flexibility index (Phi) is 2.71. The first-order chi connectivity index (χ1) is 6.36. The summed E-state index contributed by atoms with van der Waals surface area (Å²) in [6, 6.07) is 3.16. The number of anilines is 1. The van der Waals surface area contributed by atoms with Crippen LogP contribution in [0.5, 0.6) is 0 Å². The number of alkyl halides is 3. The van der Waals surface area contributed by atoms with Gasteiger partial charge in [-0.3, -0.25) is 0 Å². The van der Waals surface area contributed by atoms with Gasteiger partial charge < -0.3 is 5.73 Å². The lowest BCUT2D eigenvalue weighted by Gasteiger charge is -2.09. The van der Waals surface area contributed by atoms with Crippen LogP contribution in [-0.4, -0.2) is 0 Å². The van der Waals surface area contributed by atoms with E-state index in [1.165, 1.54) is 0 Å². The molecule has 0 amide bonds. The molecule has 1 rings (SSSR count). The standard InChI is InChI=1S/C8H4BrF3N2/c9-6-2-5(8(10,11)12)1-4(3-13)7(6)14/h1-2H,14H2. The second kappa shape index (κ2) is 3.50. The van der Waals surface area contributed by atoms with E-state index in [1.807, 2.05) is 0 Å². The number of nitrogens with zero attached hydrogens (tertiary/aromatic N) is 1. The van der Waals surface area contributed by atoms with Gasteiger partial charge in [-0.2, -0.15) is 18.4 Å². The lowest BCUT2D eigenvalue weighted by atomic mass is 10.1. The molecule has 14 heavy (non-hydrogen) atoms. The fourth-order valence-electron chi connectivity index (χ4n) is 0.874. The van der Waals surface area contributed by atoms with Gasteiger partial charge in [0.15, 0.2) is 0 Å². The first-order valence-electron chi connectivity index (χ1n) is 3.42. The van der Waals surface area contributed by atoms with Crippen molar-refractivity contribution in [1.82, 2.24) is 0 Å². The average molecular weight is 265 g/mol. The van der Waals surface area contributed by atoms with Crippen LogP contribution in [0, 0.1) is 11.3 Å². The molecule has 2 nitrogen and oxygen atoms in total. The Bertz CT molecular complexity index is 406. The molecule has 0 saturated carbocycles. The fraction of sp³-hybridized carbons (Fsp3) is 0.125. The Morgan fingerprint density at radius 1 is 1.36 bits per heavy atom. The topological polar surface area (TPSA) is 49.8 Å². The summed E-state index contributed by atoms with van der Waals surface area (Å²) in [7, 11) is 0. The summed E-state index contributed by atoms with van der Waals surface area (Å²) in [6.07, 6.45) is -4.47. The Morgan fingerprint density at radius 2 is 1.93 bits per heavy atom. The molecule has 1 aromatic rings. The second-order valence-electron chi connectivity index (χ2n) is 2.53. The SMILES string of the molecule is N#Cc1cc(C(F)(F)F)cc(Br)c1N. The van der Waals surface area contributed by atoms with E-state index in [2.05, 4.69) is 15.9 Å². The highest BCUT2D eigenvalue weighted by atomic mass is 79.9. The minimum absolute atomic E-state index is 0.0144. The largest absolute Gasteiger partial charge is 0.416 e. The molecule has 2 N–H and O–H groups in total. The molecule has 0 bridgehead atoms. The van der Waals surface area contributed by atoms with E-state index in [9.17, 15) is 13.2 Å². The number of halogens is 4. The van der Waals surface area contributed by atoms with Crippen LogP contribution in [0.4, 0.5) is 18.9 Å². The van der Waals surface area contributed by atoms with Crippen LogP contribution in [0.25, 0.3) is 0 Å². The van der Waals surface area contributed by atoms with Crippen LogP contribution in [0.1, 0.15) is 11.1 Å². The van der Waals surface area contributed by atoms with E-state index in [0.717, 1.165) is 12.1 Å². The van der Waals surface area contributed by atoms with E-state index in [-0.39, 0.29) is 15.7 Å². The number of hydrogen-bond donors (Lipinski definition) is 1. The number of benzene rings is 1. The van der Waals surface area contributed by atoms with Crippen molar-refractivity contribution in [3.8, 4) is 6.07 Å². The highest BCUT2D eigenvalue weighted by molar-refractivity contribution is 9.10. The normalized spacial score (nSPS) is 11.1. The first kappa shape index (κ1) is 10.9. The lowest BCUT2D eigenvalue weighted by Crippen LogP contribution is -2.06. The maximum absolute atomic E-state index is 12.2. The van der Waals surface area contributed by atoms with Crippen molar-refractivity contribution in [2.45, 2.75) is 6.18 Å².